The van der Waals surface area contributed by atoms with Gasteiger partial charge in [0.25, 0.3) is 0 Å². The first kappa shape index (κ1) is 14.5. The third-order valence-corrected chi connectivity index (χ3v) is 4.39. The molecule has 0 bridgehead atoms. The maximum absolute atomic E-state index is 5.61. The molecule has 0 saturated heterocycles. The molecule has 100 valence electrons. The van der Waals surface area contributed by atoms with Gasteiger partial charge in [0, 0.05) is 39.5 Å². The largest absolute Gasteiger partial charge is 0.271 e. The van der Waals surface area contributed by atoms with E-state index in [1.807, 2.05) is 36.5 Å². The molecule has 1 aromatic carbocycles. The molecule has 0 aliphatic rings. The summed E-state index contributed by atoms with van der Waals surface area (Å²) in [5.41, 5.74) is 3.92. The summed E-state index contributed by atoms with van der Waals surface area (Å²) in [7, 11) is 0. The second kappa shape index (κ2) is 7.65. The van der Waals surface area contributed by atoms with Gasteiger partial charge in [0.15, 0.2) is 0 Å². The Morgan fingerprint density at radius 3 is 2.63 bits per heavy atom. The summed E-state index contributed by atoms with van der Waals surface area (Å²) in [6.07, 6.45) is 2.64. The first-order valence-corrected chi connectivity index (χ1v) is 7.80. The Hall–Kier alpha value is -0.880. The van der Waals surface area contributed by atoms with Crippen molar-refractivity contribution in [1.29, 1.82) is 0 Å². The number of hydrazine groups is 1. The molecular weight excluding hydrogens is 322 g/mol. The molecule has 0 saturated carbocycles. The van der Waals surface area contributed by atoms with E-state index in [2.05, 4.69) is 38.5 Å². The average Bonchev–Trinajstić information content (AvgIpc) is 2.46. The highest BCUT2D eigenvalue weighted by Crippen LogP contribution is 2.21. The molecule has 1 aromatic heterocycles. The quantitative estimate of drug-likeness (QED) is 0.483. The number of benzene rings is 1. The molecule has 1 atom stereocenters. The molecule has 1 heterocycles. The van der Waals surface area contributed by atoms with Gasteiger partial charge in [0.05, 0.1) is 0 Å². The second-order valence-electron chi connectivity index (χ2n) is 4.15. The van der Waals surface area contributed by atoms with Crippen molar-refractivity contribution in [1.82, 2.24) is 10.4 Å². The van der Waals surface area contributed by atoms with Gasteiger partial charge in [0.2, 0.25) is 0 Å². The van der Waals surface area contributed by atoms with E-state index in [4.69, 9.17) is 5.84 Å². The van der Waals surface area contributed by atoms with Crippen LogP contribution in [0.1, 0.15) is 5.69 Å². The second-order valence-corrected chi connectivity index (χ2v) is 6.16. The van der Waals surface area contributed by atoms with Gasteiger partial charge in [-0.3, -0.25) is 16.3 Å². The lowest BCUT2D eigenvalue weighted by atomic mass is 10.2. The Kier molecular flexibility index (Phi) is 5.85. The van der Waals surface area contributed by atoms with Crippen LogP contribution in [0.2, 0.25) is 0 Å². The SMILES string of the molecule is NNC(CSc1ccc(Br)cc1)Cc1ccccn1. The Morgan fingerprint density at radius 1 is 1.21 bits per heavy atom. The predicted molar refractivity (Wildman–Crippen MR) is 83.9 cm³/mol. The zero-order valence-electron chi connectivity index (χ0n) is 10.4. The van der Waals surface area contributed by atoms with Crippen LogP contribution in [0.3, 0.4) is 0 Å². The summed E-state index contributed by atoms with van der Waals surface area (Å²) in [5, 5.41) is 0. The van der Waals surface area contributed by atoms with E-state index < -0.39 is 0 Å². The number of halogens is 1. The molecule has 1 unspecified atom stereocenters. The van der Waals surface area contributed by atoms with Gasteiger partial charge >= 0.3 is 0 Å². The van der Waals surface area contributed by atoms with E-state index in [-0.39, 0.29) is 6.04 Å². The standard InChI is InChI=1S/C14H16BrN3S/c15-11-4-6-14(7-5-11)19-10-13(18-16)9-12-3-1-2-8-17-12/h1-8,13,18H,9-10,16H2. The van der Waals surface area contributed by atoms with E-state index in [9.17, 15) is 0 Å². The van der Waals surface area contributed by atoms with Crippen molar-refractivity contribution >= 4 is 27.7 Å². The molecule has 0 aliphatic carbocycles. The molecular formula is C14H16BrN3S. The van der Waals surface area contributed by atoms with Crippen molar-refractivity contribution in [3.63, 3.8) is 0 Å². The van der Waals surface area contributed by atoms with Crippen LogP contribution in [0, 0.1) is 0 Å². The first-order chi connectivity index (χ1) is 9.28. The van der Waals surface area contributed by atoms with Gasteiger partial charge in [-0.15, -0.1) is 11.8 Å². The molecule has 0 amide bonds. The topological polar surface area (TPSA) is 50.9 Å². The Morgan fingerprint density at radius 2 is 2.00 bits per heavy atom. The van der Waals surface area contributed by atoms with Gasteiger partial charge in [0.1, 0.15) is 0 Å². The van der Waals surface area contributed by atoms with Crippen LogP contribution in [-0.2, 0) is 6.42 Å². The van der Waals surface area contributed by atoms with Crippen LogP contribution in [0.15, 0.2) is 58.0 Å². The summed E-state index contributed by atoms with van der Waals surface area (Å²) in [4.78, 5) is 5.56. The zero-order chi connectivity index (χ0) is 13.5. The van der Waals surface area contributed by atoms with Crippen molar-refractivity contribution in [2.24, 2.45) is 5.84 Å². The third-order valence-electron chi connectivity index (χ3n) is 2.68. The molecule has 0 spiro atoms. The highest BCUT2D eigenvalue weighted by Gasteiger charge is 2.09. The molecule has 5 heteroatoms. The summed E-state index contributed by atoms with van der Waals surface area (Å²) in [6, 6.07) is 14.4. The molecule has 0 fully saturated rings. The van der Waals surface area contributed by atoms with Gasteiger partial charge < -0.3 is 0 Å². The highest BCUT2D eigenvalue weighted by molar-refractivity contribution is 9.10. The van der Waals surface area contributed by atoms with Crippen LogP contribution in [-0.4, -0.2) is 16.8 Å². The Balaban J connectivity index is 1.87. The maximum atomic E-state index is 5.61. The number of pyridine rings is 1. The van der Waals surface area contributed by atoms with E-state index in [0.717, 1.165) is 22.3 Å². The van der Waals surface area contributed by atoms with Gasteiger partial charge in [-0.25, -0.2) is 0 Å². The first-order valence-electron chi connectivity index (χ1n) is 6.02. The molecule has 3 nitrogen and oxygen atoms in total. The maximum Gasteiger partial charge on any atom is 0.0419 e. The lowest BCUT2D eigenvalue weighted by Gasteiger charge is -2.15. The molecule has 0 aliphatic heterocycles. The van der Waals surface area contributed by atoms with Crippen molar-refractivity contribution < 1.29 is 0 Å². The fourth-order valence-electron chi connectivity index (χ4n) is 1.66. The summed E-state index contributed by atoms with van der Waals surface area (Å²) >= 11 is 5.22. The summed E-state index contributed by atoms with van der Waals surface area (Å²) in [5.74, 6) is 6.52. The van der Waals surface area contributed by atoms with E-state index >= 15 is 0 Å². The lowest BCUT2D eigenvalue weighted by Crippen LogP contribution is -2.38. The molecule has 19 heavy (non-hydrogen) atoms. The smallest absolute Gasteiger partial charge is 0.0419 e. The number of nitrogens with two attached hydrogens (primary N) is 1. The zero-order valence-corrected chi connectivity index (χ0v) is 12.8. The minimum absolute atomic E-state index is 0.212. The van der Waals surface area contributed by atoms with E-state index in [0.29, 0.717) is 0 Å². The van der Waals surface area contributed by atoms with Gasteiger partial charge in [-0.2, -0.15) is 0 Å². The summed E-state index contributed by atoms with van der Waals surface area (Å²) in [6.45, 7) is 0. The summed E-state index contributed by atoms with van der Waals surface area (Å²) < 4.78 is 1.10. The van der Waals surface area contributed by atoms with Crippen LogP contribution in [0.5, 0.6) is 0 Å². The number of hydrogen-bond donors (Lipinski definition) is 2. The van der Waals surface area contributed by atoms with Crippen LogP contribution in [0.25, 0.3) is 0 Å². The van der Waals surface area contributed by atoms with Gasteiger partial charge in [-0.05, 0) is 36.4 Å². The minimum Gasteiger partial charge on any atom is -0.271 e. The fraction of sp³-hybridized carbons (Fsp3) is 0.214. The highest BCUT2D eigenvalue weighted by atomic mass is 79.9. The normalized spacial score (nSPS) is 12.3. The average molecular weight is 338 g/mol. The van der Waals surface area contributed by atoms with Crippen LogP contribution >= 0.6 is 27.7 Å². The van der Waals surface area contributed by atoms with Crippen molar-refractivity contribution in [3.05, 3.63) is 58.8 Å². The van der Waals surface area contributed by atoms with Crippen LogP contribution < -0.4 is 11.3 Å². The van der Waals surface area contributed by atoms with E-state index in [1.165, 1.54) is 4.90 Å². The number of nitrogens with zero attached hydrogens (tertiary/aromatic N) is 1. The van der Waals surface area contributed by atoms with E-state index in [1.54, 1.807) is 11.8 Å². The van der Waals surface area contributed by atoms with Crippen molar-refractivity contribution in [2.45, 2.75) is 17.4 Å². The number of nitrogens with one attached hydrogen (secondary N) is 1. The van der Waals surface area contributed by atoms with Gasteiger partial charge in [-0.1, -0.05) is 22.0 Å². The third kappa shape index (κ3) is 4.95. The number of rotatable bonds is 6. The minimum atomic E-state index is 0.212. The monoisotopic (exact) mass is 337 g/mol. The molecule has 0 radical (unpaired) electrons. The number of thioether (sulfide) groups is 1. The lowest BCUT2D eigenvalue weighted by molar-refractivity contribution is 0.569. The Bertz CT molecular complexity index is 490. The predicted octanol–water partition coefficient (Wildman–Crippen LogP) is 3.01. The molecule has 2 rings (SSSR count). The van der Waals surface area contributed by atoms with Crippen molar-refractivity contribution in [2.75, 3.05) is 5.75 Å². The fourth-order valence-corrected chi connectivity index (χ4v) is 2.87. The van der Waals surface area contributed by atoms with Crippen LogP contribution in [0.4, 0.5) is 0 Å². The number of hydrogen-bond acceptors (Lipinski definition) is 4. The Labute approximate surface area is 126 Å². The molecule has 2 aromatic rings. The van der Waals surface area contributed by atoms with Crippen molar-refractivity contribution in [3.8, 4) is 0 Å². The number of aromatic nitrogens is 1. The molecule has 3 N–H and O–H groups in total.